The first-order valence-electron chi connectivity index (χ1n) is 4.55. The Morgan fingerprint density at radius 1 is 1.60 bits per heavy atom. The molecule has 1 aromatic rings. The molecule has 0 aliphatic carbocycles. The van der Waals surface area contributed by atoms with E-state index in [-0.39, 0.29) is 5.91 Å². The van der Waals surface area contributed by atoms with Gasteiger partial charge in [-0.25, -0.2) is 4.98 Å². The van der Waals surface area contributed by atoms with Crippen molar-refractivity contribution in [1.29, 1.82) is 0 Å². The van der Waals surface area contributed by atoms with Crippen molar-refractivity contribution >= 4 is 29.3 Å². The monoisotopic (exact) mass is 244 g/mol. The fourth-order valence-electron chi connectivity index (χ4n) is 1.13. The Balaban J connectivity index is 2.65. The van der Waals surface area contributed by atoms with Crippen LogP contribution in [0.3, 0.4) is 0 Å². The average molecular weight is 245 g/mol. The Kier molecular flexibility index (Phi) is 4.91. The van der Waals surface area contributed by atoms with Gasteiger partial charge in [0.25, 0.3) is 5.91 Å². The first kappa shape index (κ1) is 12.3. The van der Waals surface area contributed by atoms with Crippen LogP contribution in [-0.2, 0) is 0 Å². The Bertz CT molecular complexity index is 337. The molecule has 1 rings (SSSR count). The van der Waals surface area contributed by atoms with E-state index in [2.05, 4.69) is 10.3 Å². The number of thioether (sulfide) groups is 1. The number of aryl methyl sites for hydroxylation is 1. The largest absolute Gasteiger partial charge is 0.351 e. The molecule has 0 spiro atoms. The van der Waals surface area contributed by atoms with Gasteiger partial charge in [0.2, 0.25) is 0 Å². The number of aromatic nitrogens is 1. The Morgan fingerprint density at radius 2 is 2.33 bits per heavy atom. The molecule has 0 bridgehead atoms. The van der Waals surface area contributed by atoms with Gasteiger partial charge in [-0.1, -0.05) is 11.6 Å². The maximum atomic E-state index is 11.6. The Labute approximate surface area is 98.6 Å². The fourth-order valence-corrected chi connectivity index (χ4v) is 1.68. The highest BCUT2D eigenvalue weighted by atomic mass is 35.5. The van der Waals surface area contributed by atoms with Gasteiger partial charge in [0.15, 0.2) is 0 Å². The van der Waals surface area contributed by atoms with Crippen LogP contribution >= 0.6 is 23.4 Å². The molecule has 15 heavy (non-hydrogen) atoms. The third-order valence-corrected chi connectivity index (χ3v) is 2.58. The van der Waals surface area contributed by atoms with Crippen molar-refractivity contribution in [3.05, 3.63) is 28.5 Å². The van der Waals surface area contributed by atoms with Gasteiger partial charge in [-0.3, -0.25) is 4.79 Å². The summed E-state index contributed by atoms with van der Waals surface area (Å²) in [5.41, 5.74) is 1.31. The molecule has 1 amide bonds. The summed E-state index contributed by atoms with van der Waals surface area (Å²) in [6.45, 7) is 2.48. The minimum absolute atomic E-state index is 0.101. The Morgan fingerprint density at radius 3 is 2.93 bits per heavy atom. The van der Waals surface area contributed by atoms with E-state index in [4.69, 9.17) is 11.6 Å². The molecular formula is C10H13ClN2OS. The zero-order valence-electron chi connectivity index (χ0n) is 8.71. The van der Waals surface area contributed by atoms with Crippen molar-refractivity contribution in [2.24, 2.45) is 0 Å². The molecule has 3 nitrogen and oxygen atoms in total. The highest BCUT2D eigenvalue weighted by molar-refractivity contribution is 7.98. The van der Waals surface area contributed by atoms with Crippen molar-refractivity contribution in [2.75, 3.05) is 18.6 Å². The number of carbonyl (C=O) groups excluding carboxylic acids is 1. The van der Waals surface area contributed by atoms with Crippen molar-refractivity contribution in [3.63, 3.8) is 0 Å². The summed E-state index contributed by atoms with van der Waals surface area (Å²) in [7, 11) is 0. The Hall–Kier alpha value is -0.740. The normalized spacial score (nSPS) is 10.1. The molecule has 1 heterocycles. The lowest BCUT2D eigenvalue weighted by molar-refractivity contribution is 0.0956. The molecule has 82 valence electrons. The van der Waals surface area contributed by atoms with Crippen LogP contribution in [0.15, 0.2) is 12.1 Å². The number of halogens is 1. The average Bonchev–Trinajstić information content (AvgIpc) is 2.16. The molecule has 5 heteroatoms. The maximum absolute atomic E-state index is 11.6. The number of pyridine rings is 1. The molecule has 0 fully saturated rings. The molecule has 0 unspecified atom stereocenters. The van der Waals surface area contributed by atoms with E-state index in [1.54, 1.807) is 23.9 Å². The number of nitrogens with one attached hydrogen (secondary N) is 1. The fraction of sp³-hybridized carbons (Fsp3) is 0.400. The lowest BCUT2D eigenvalue weighted by atomic mass is 10.2. The first-order valence-corrected chi connectivity index (χ1v) is 6.32. The van der Waals surface area contributed by atoms with Gasteiger partial charge < -0.3 is 5.32 Å². The van der Waals surface area contributed by atoms with E-state index in [0.29, 0.717) is 17.3 Å². The summed E-state index contributed by atoms with van der Waals surface area (Å²) in [4.78, 5) is 15.6. The van der Waals surface area contributed by atoms with E-state index in [1.807, 2.05) is 13.2 Å². The molecule has 1 N–H and O–H groups in total. The standard InChI is InChI=1S/C10H13ClN2OS/c1-7-5-8(6-9(11)13-7)10(14)12-3-4-15-2/h5-6H,3-4H2,1-2H3,(H,12,14). The molecule has 0 atom stereocenters. The summed E-state index contributed by atoms with van der Waals surface area (Å²) in [5.74, 6) is 0.806. The van der Waals surface area contributed by atoms with Crippen molar-refractivity contribution in [1.82, 2.24) is 10.3 Å². The number of nitrogens with zero attached hydrogens (tertiary/aromatic N) is 1. The predicted molar refractivity (Wildman–Crippen MR) is 64.7 cm³/mol. The molecule has 1 aromatic heterocycles. The number of hydrogen-bond donors (Lipinski definition) is 1. The summed E-state index contributed by atoms with van der Waals surface area (Å²) < 4.78 is 0. The number of rotatable bonds is 4. The van der Waals surface area contributed by atoms with Crippen LogP contribution in [0.1, 0.15) is 16.1 Å². The van der Waals surface area contributed by atoms with Crippen LogP contribution in [0, 0.1) is 6.92 Å². The van der Waals surface area contributed by atoms with E-state index in [0.717, 1.165) is 11.4 Å². The topological polar surface area (TPSA) is 42.0 Å². The highest BCUT2D eigenvalue weighted by Gasteiger charge is 2.06. The smallest absolute Gasteiger partial charge is 0.251 e. The molecule has 0 saturated heterocycles. The van der Waals surface area contributed by atoms with Gasteiger partial charge in [0, 0.05) is 23.6 Å². The van der Waals surface area contributed by atoms with Crippen LogP contribution in [0.25, 0.3) is 0 Å². The second-order valence-corrected chi connectivity index (χ2v) is 4.44. The van der Waals surface area contributed by atoms with Gasteiger partial charge in [0.1, 0.15) is 5.15 Å². The highest BCUT2D eigenvalue weighted by Crippen LogP contribution is 2.10. The summed E-state index contributed by atoms with van der Waals surface area (Å²) >= 11 is 7.45. The molecule has 0 aliphatic heterocycles. The van der Waals surface area contributed by atoms with Crippen molar-refractivity contribution in [2.45, 2.75) is 6.92 Å². The van der Waals surface area contributed by atoms with Crippen molar-refractivity contribution < 1.29 is 4.79 Å². The third-order valence-electron chi connectivity index (χ3n) is 1.78. The number of carbonyl (C=O) groups is 1. The van der Waals surface area contributed by atoms with E-state index in [1.165, 1.54) is 0 Å². The predicted octanol–water partition coefficient (Wildman–Crippen LogP) is 2.14. The summed E-state index contributed by atoms with van der Waals surface area (Å²) in [6, 6.07) is 3.29. The maximum Gasteiger partial charge on any atom is 0.251 e. The minimum atomic E-state index is -0.101. The van der Waals surface area contributed by atoms with Gasteiger partial charge in [-0.2, -0.15) is 11.8 Å². The molecule has 0 radical (unpaired) electrons. The zero-order chi connectivity index (χ0) is 11.3. The van der Waals surface area contributed by atoms with Crippen LogP contribution in [0.4, 0.5) is 0 Å². The van der Waals surface area contributed by atoms with Crippen LogP contribution < -0.4 is 5.32 Å². The zero-order valence-corrected chi connectivity index (χ0v) is 10.3. The molecule has 0 aromatic carbocycles. The first-order chi connectivity index (χ1) is 7.13. The van der Waals surface area contributed by atoms with E-state index < -0.39 is 0 Å². The second kappa shape index (κ2) is 5.98. The number of amides is 1. The molecule has 0 aliphatic rings. The van der Waals surface area contributed by atoms with Gasteiger partial charge >= 0.3 is 0 Å². The van der Waals surface area contributed by atoms with E-state index >= 15 is 0 Å². The molecular weight excluding hydrogens is 232 g/mol. The van der Waals surface area contributed by atoms with Gasteiger partial charge in [0.05, 0.1) is 0 Å². The minimum Gasteiger partial charge on any atom is -0.351 e. The lowest BCUT2D eigenvalue weighted by Crippen LogP contribution is -2.25. The van der Waals surface area contributed by atoms with Crippen LogP contribution in [0.5, 0.6) is 0 Å². The van der Waals surface area contributed by atoms with Gasteiger partial charge in [-0.15, -0.1) is 0 Å². The summed E-state index contributed by atoms with van der Waals surface area (Å²) in [5, 5.41) is 3.16. The number of hydrogen-bond acceptors (Lipinski definition) is 3. The van der Waals surface area contributed by atoms with E-state index in [9.17, 15) is 4.79 Å². The van der Waals surface area contributed by atoms with Crippen LogP contribution in [-0.4, -0.2) is 29.4 Å². The van der Waals surface area contributed by atoms with Crippen LogP contribution in [0.2, 0.25) is 5.15 Å². The molecule has 0 saturated carbocycles. The SMILES string of the molecule is CSCCNC(=O)c1cc(C)nc(Cl)c1. The summed E-state index contributed by atoms with van der Waals surface area (Å²) in [6.07, 6.45) is 2.00. The van der Waals surface area contributed by atoms with Crippen molar-refractivity contribution in [3.8, 4) is 0 Å². The third kappa shape index (κ3) is 4.10. The lowest BCUT2D eigenvalue weighted by Gasteiger charge is -2.05. The quantitative estimate of drug-likeness (QED) is 0.652. The second-order valence-electron chi connectivity index (χ2n) is 3.07. The van der Waals surface area contributed by atoms with Gasteiger partial charge in [-0.05, 0) is 25.3 Å².